The molecular formula is C124H200O24. The average molecular weight is 2070 g/mol. The summed E-state index contributed by atoms with van der Waals surface area (Å²) in [6, 6.07) is 0. The van der Waals surface area contributed by atoms with E-state index in [2.05, 4.69) is 69.2 Å². The summed E-state index contributed by atoms with van der Waals surface area (Å²) >= 11 is 0. The van der Waals surface area contributed by atoms with Crippen molar-refractivity contribution in [2.24, 2.45) is 156 Å². The molecule has 0 amide bonds. The maximum absolute atomic E-state index is 12.6. The predicted octanol–water partition coefficient (Wildman–Crippen LogP) is 25.1. The normalized spacial score (nSPS) is 41.0. The number of hydrogen-bond acceptors (Lipinski definition) is 24. The number of carbonyl (C=O) groups is 10. The number of esters is 10. The van der Waals surface area contributed by atoms with Crippen LogP contribution in [0.15, 0.2) is 0 Å². The second-order valence-electron chi connectivity index (χ2n) is 58.5. The van der Waals surface area contributed by atoms with Gasteiger partial charge in [0.25, 0.3) is 0 Å². The van der Waals surface area contributed by atoms with Crippen LogP contribution < -0.4 is 0 Å². The van der Waals surface area contributed by atoms with Gasteiger partial charge >= 0.3 is 59.7 Å². The molecule has 24 nitrogen and oxygen atoms in total. The van der Waals surface area contributed by atoms with Gasteiger partial charge in [-0.15, -0.1) is 0 Å². The Labute approximate surface area is 889 Å². The van der Waals surface area contributed by atoms with Crippen LogP contribution in [0.2, 0.25) is 0 Å². The van der Waals surface area contributed by atoms with Gasteiger partial charge in [-0.05, 0) is 469 Å². The number of hydrogen-bond donors (Lipinski definition) is 2. The zero-order valence-corrected chi connectivity index (χ0v) is 97.2. The van der Waals surface area contributed by atoms with Crippen LogP contribution in [0.5, 0.6) is 0 Å². The molecule has 21 unspecified atom stereocenters. The number of aliphatic hydroxyl groups is 2. The van der Waals surface area contributed by atoms with Crippen LogP contribution in [0.4, 0.5) is 0 Å². The highest BCUT2D eigenvalue weighted by Gasteiger charge is 2.70. The van der Waals surface area contributed by atoms with E-state index in [0.717, 1.165) is 151 Å². The Morgan fingerprint density at radius 1 is 0.345 bits per heavy atom. The summed E-state index contributed by atoms with van der Waals surface area (Å²) in [4.78, 5) is 121. The molecule has 0 aromatic carbocycles. The monoisotopic (exact) mass is 2070 g/mol. The summed E-state index contributed by atoms with van der Waals surface area (Å²) in [5, 5.41) is 21.2. The predicted molar refractivity (Wildman–Crippen MR) is 564 cm³/mol. The van der Waals surface area contributed by atoms with Crippen LogP contribution in [-0.4, -0.2) is 164 Å². The Morgan fingerprint density at radius 3 is 1.03 bits per heavy atom. The Hall–Kier alpha value is -5.46. The lowest BCUT2D eigenvalue weighted by Gasteiger charge is -2.61. The maximum Gasteiger partial charge on any atom is 0.312 e. The molecule has 26 fully saturated rings. The molecular weight excluding hydrogens is 1870 g/mol. The molecule has 6 heterocycles. The summed E-state index contributed by atoms with van der Waals surface area (Å²) in [5.74, 6) is 10.0. The molecule has 21 atom stereocenters. The first kappa shape index (κ1) is 117. The quantitative estimate of drug-likeness (QED) is 0.0570. The van der Waals surface area contributed by atoms with Gasteiger partial charge in [0.2, 0.25) is 0 Å². The molecule has 24 heteroatoms. The fraction of sp³-hybridized carbons (Fsp3) is 0.919. The fourth-order valence-electron chi connectivity index (χ4n) is 32.5. The molecule has 0 aromatic rings. The third kappa shape index (κ3) is 23.3. The van der Waals surface area contributed by atoms with Crippen LogP contribution in [-0.2, 0) is 105 Å². The highest BCUT2D eigenvalue weighted by Crippen LogP contribution is 2.68. The van der Waals surface area contributed by atoms with Crippen molar-refractivity contribution in [3.05, 3.63) is 0 Å². The molecule has 840 valence electrons. The number of rotatable bonds is 27. The van der Waals surface area contributed by atoms with E-state index in [4.69, 9.17) is 56.8 Å². The Morgan fingerprint density at radius 2 is 0.682 bits per heavy atom. The zero-order valence-electron chi connectivity index (χ0n) is 97.2. The molecule has 24 bridgehead atoms. The van der Waals surface area contributed by atoms with Gasteiger partial charge in [-0.2, -0.15) is 0 Å². The van der Waals surface area contributed by atoms with Gasteiger partial charge in [-0.25, -0.2) is 0 Å². The largest absolute Gasteiger partial charge is 0.459 e. The first-order chi connectivity index (χ1) is 68.8. The maximum atomic E-state index is 12.6. The Balaban J connectivity index is 0.000000127. The molecule has 20 aliphatic carbocycles. The van der Waals surface area contributed by atoms with E-state index in [-0.39, 0.29) is 163 Å². The number of carbonyl (C=O) groups excluding carboxylic acids is 10. The smallest absolute Gasteiger partial charge is 0.312 e. The minimum atomic E-state index is -0.555. The third-order valence-corrected chi connectivity index (χ3v) is 44.4. The minimum Gasteiger partial charge on any atom is -0.459 e. The van der Waals surface area contributed by atoms with E-state index < -0.39 is 51.9 Å². The van der Waals surface area contributed by atoms with Gasteiger partial charge in [-0.3, -0.25) is 47.9 Å². The van der Waals surface area contributed by atoms with E-state index in [0.29, 0.717) is 91.8 Å². The standard InChI is InChI=1S/C19H32O2.C17H28O2.C16H26O3.C16H28O2.C15H24O3.C15H26O2.2C13H18O5/c1-6-17(2,3)16(20)21-18(4,5)19-10-13-7-14(11-19)9-15(8-13)12-19;1-5-16(2,3)15(18)19-17(4)13-7-11-6-12(9-13)10-14(17)8-11;1-4-14(2,3)13(17)19-16-8-11-5-12(9-16)7-15(18,6-11)10-16;1-6-15(4,5)14(17)18-16(11(2)3)10-12-7-8-13(16)9-12;1-3-10(2)13(16)18-15-7-11-4-12(8-15)6-14(17,5-11)9-15;1-5-14(3,4)13(16)17-15(6-2)10-11-7-8-12(15)9-11;2*1-4-13(2,3)12(15)18-9-7-5-6-8(16-7)10(9)17-11(6)14/h13-15H,6-12H2,1-5H3;11-14H,5-10H2,1-4H3;11-12,18H,4-10H2,1-3H3;11-13H,6-10H2,1-5H3;10-12,17H,3-9H2,1-2H3;11-12H,5-10H2,1-4H3;2*6-10H,4-5H2,1-3H3. The lowest BCUT2D eigenvalue weighted by atomic mass is 9.46. The van der Waals surface area contributed by atoms with Crippen LogP contribution >= 0.6 is 0 Å². The van der Waals surface area contributed by atoms with E-state index >= 15 is 0 Å². The van der Waals surface area contributed by atoms with E-state index in [9.17, 15) is 58.2 Å². The van der Waals surface area contributed by atoms with Crippen molar-refractivity contribution in [1.82, 2.24) is 0 Å². The second kappa shape index (κ2) is 42.8. The Kier molecular flexibility index (Phi) is 33.7. The minimum absolute atomic E-state index is 0.00579. The van der Waals surface area contributed by atoms with Crippen LogP contribution in [0, 0.1) is 156 Å². The van der Waals surface area contributed by atoms with Crippen LogP contribution in [0.1, 0.15) is 470 Å². The van der Waals surface area contributed by atoms with E-state index in [1.807, 2.05) is 132 Å². The van der Waals surface area contributed by atoms with Gasteiger partial charge in [0.15, 0.2) is 24.4 Å². The van der Waals surface area contributed by atoms with Crippen molar-refractivity contribution < 1.29 is 115 Å². The van der Waals surface area contributed by atoms with Gasteiger partial charge in [0.1, 0.15) is 45.8 Å². The molecule has 2 N–H and O–H groups in total. The molecule has 6 saturated heterocycles. The molecule has 0 spiro atoms. The third-order valence-electron chi connectivity index (χ3n) is 44.4. The average Bonchev–Trinajstić information content (AvgIpc) is 1.69. The highest BCUT2D eigenvalue weighted by atomic mass is 16.7. The summed E-state index contributed by atoms with van der Waals surface area (Å²) in [5.41, 5.74) is -5.10. The zero-order chi connectivity index (χ0) is 109. The van der Waals surface area contributed by atoms with Crippen LogP contribution in [0.25, 0.3) is 0 Å². The molecule has 26 rings (SSSR count). The topological polar surface area (TPSA) is 322 Å². The SMILES string of the molecule is CCC(C)(C)C(=O)OC(C)(C)C12CC3CC(CC(C3)C1)C2.CCC(C)(C)C(=O)OC1(C(C)C)CC2CCC1C2.CCC(C)(C)C(=O)OC1(C)C2CC3CC(C2)CC1C3.CCC(C)(C)C(=O)OC1(CC)CC2CCC1C2.CCC(C)(C)C(=O)OC12CC3CC(CC(O)(C3)C1)C2.CCC(C)(C)C(=O)OC1C2CC3C(=O)OC1C3O2.CCC(C)(C)C(=O)OC1C2CC3C(=O)OC1C3O2.CCC(C)C(=O)OC12CC3CC(CC(O)(C3)C1)C2. The molecule has 26 aliphatic rings. The highest BCUT2D eigenvalue weighted by molar-refractivity contribution is 5.82. The molecule has 0 aromatic heterocycles. The van der Waals surface area contributed by atoms with Crippen molar-refractivity contribution in [3.63, 3.8) is 0 Å². The molecule has 6 aliphatic heterocycles. The van der Waals surface area contributed by atoms with Crippen molar-refractivity contribution in [2.45, 2.75) is 564 Å². The molecule has 0 radical (unpaired) electrons. The Bertz CT molecular complexity index is 4600. The first-order valence-corrected chi connectivity index (χ1v) is 59.8. The second-order valence-corrected chi connectivity index (χ2v) is 58.5. The number of fused-ring (bicyclic) bond motifs is 6. The van der Waals surface area contributed by atoms with Crippen molar-refractivity contribution >= 4 is 59.7 Å². The van der Waals surface area contributed by atoms with Gasteiger partial charge < -0.3 is 67.1 Å². The summed E-state index contributed by atoms with van der Waals surface area (Å²) in [7, 11) is 0. The van der Waals surface area contributed by atoms with Gasteiger partial charge in [-0.1, -0.05) is 83.1 Å². The summed E-state index contributed by atoms with van der Waals surface area (Å²) < 4.78 is 69.1. The molecule has 148 heavy (non-hydrogen) atoms. The van der Waals surface area contributed by atoms with Crippen molar-refractivity contribution in [2.75, 3.05) is 0 Å². The number of ether oxygens (including phenoxy) is 12. The first-order valence-electron chi connectivity index (χ1n) is 59.8. The van der Waals surface area contributed by atoms with Crippen molar-refractivity contribution in [3.8, 4) is 0 Å². The lowest BCUT2D eigenvalue weighted by molar-refractivity contribution is -0.225. The van der Waals surface area contributed by atoms with Crippen LogP contribution in [0.3, 0.4) is 0 Å². The fourth-order valence-corrected chi connectivity index (χ4v) is 32.5. The molecule has 20 saturated carbocycles. The van der Waals surface area contributed by atoms with E-state index in [1.165, 1.54) is 122 Å². The summed E-state index contributed by atoms with van der Waals surface area (Å²) in [6.45, 7) is 58.6. The lowest BCUT2D eigenvalue weighted by Crippen LogP contribution is -2.61. The summed E-state index contributed by atoms with van der Waals surface area (Å²) in [6.07, 6.45) is 42.4. The van der Waals surface area contributed by atoms with Gasteiger partial charge in [0, 0.05) is 18.3 Å². The van der Waals surface area contributed by atoms with Gasteiger partial charge in [0.05, 0.1) is 79.1 Å². The van der Waals surface area contributed by atoms with Crippen molar-refractivity contribution in [1.29, 1.82) is 0 Å². The van der Waals surface area contributed by atoms with E-state index in [1.54, 1.807) is 0 Å².